The first-order chi connectivity index (χ1) is 11.5. The van der Waals surface area contributed by atoms with Gasteiger partial charge in [-0.25, -0.2) is 0 Å². The van der Waals surface area contributed by atoms with Gasteiger partial charge in [0.1, 0.15) is 0 Å². The molecule has 4 nitrogen and oxygen atoms in total. The third-order valence-electron chi connectivity index (χ3n) is 4.38. The van der Waals surface area contributed by atoms with Crippen molar-refractivity contribution >= 4 is 5.91 Å². The molecule has 0 bridgehead atoms. The maximum atomic E-state index is 12.5. The van der Waals surface area contributed by atoms with Crippen LogP contribution in [0.3, 0.4) is 0 Å². The normalized spacial score (nSPS) is 12.6. The van der Waals surface area contributed by atoms with E-state index in [4.69, 9.17) is 4.74 Å². The summed E-state index contributed by atoms with van der Waals surface area (Å²) < 4.78 is 5.62. The first-order valence-corrected chi connectivity index (χ1v) is 9.13. The lowest BCUT2D eigenvalue weighted by atomic mass is 9.87. The van der Waals surface area contributed by atoms with Crippen LogP contribution in [-0.4, -0.2) is 50.2 Å². The first kappa shape index (κ1) is 20.7. The van der Waals surface area contributed by atoms with E-state index in [1.807, 2.05) is 0 Å². The van der Waals surface area contributed by atoms with Gasteiger partial charge in [0.25, 0.3) is 0 Å². The number of hydrogen-bond donors (Lipinski definition) is 1. The zero-order valence-electron chi connectivity index (χ0n) is 16.0. The van der Waals surface area contributed by atoms with Crippen LogP contribution < -0.4 is 5.32 Å². The summed E-state index contributed by atoms with van der Waals surface area (Å²) in [5, 5.41) is 3.02. The quantitative estimate of drug-likeness (QED) is 0.632. The average molecular weight is 335 g/mol. The van der Waals surface area contributed by atoms with Crippen LogP contribution in [0, 0.1) is 12.8 Å². The number of amides is 1. The molecule has 1 unspecified atom stereocenters. The van der Waals surface area contributed by atoms with Crippen molar-refractivity contribution in [2.75, 3.05) is 39.4 Å². The summed E-state index contributed by atoms with van der Waals surface area (Å²) in [6.45, 7) is 15.4. The van der Waals surface area contributed by atoms with Gasteiger partial charge < -0.3 is 15.0 Å². The number of likely N-dealkylation sites (N-methyl/N-ethyl adjacent to an activating group) is 1. The second-order valence-corrected chi connectivity index (χ2v) is 6.56. The van der Waals surface area contributed by atoms with Crippen molar-refractivity contribution in [2.24, 2.45) is 5.92 Å². The van der Waals surface area contributed by atoms with Crippen molar-refractivity contribution in [2.45, 2.75) is 40.5 Å². The number of carbonyl (C=O) groups is 1. The fourth-order valence-electron chi connectivity index (χ4n) is 2.80. The van der Waals surface area contributed by atoms with Crippen LogP contribution in [0.4, 0.5) is 0 Å². The molecule has 0 aliphatic heterocycles. The van der Waals surface area contributed by atoms with Crippen LogP contribution in [0.1, 0.15) is 44.7 Å². The SMILES string of the molecule is CCN(CC)CCOCCNC(=O)C(c1ccc(C)cc1)C(C)C. The summed E-state index contributed by atoms with van der Waals surface area (Å²) in [5.41, 5.74) is 2.29. The maximum Gasteiger partial charge on any atom is 0.227 e. The second kappa shape index (κ2) is 11.2. The number of benzene rings is 1. The average Bonchev–Trinajstić information content (AvgIpc) is 2.56. The van der Waals surface area contributed by atoms with E-state index in [0.29, 0.717) is 19.8 Å². The third kappa shape index (κ3) is 7.02. The number of rotatable bonds is 11. The van der Waals surface area contributed by atoms with E-state index in [2.05, 4.69) is 69.1 Å². The van der Waals surface area contributed by atoms with Crippen LogP contribution in [0.2, 0.25) is 0 Å². The molecule has 4 heteroatoms. The van der Waals surface area contributed by atoms with Crippen LogP contribution in [0.25, 0.3) is 0 Å². The van der Waals surface area contributed by atoms with E-state index in [-0.39, 0.29) is 17.7 Å². The van der Waals surface area contributed by atoms with Crippen LogP contribution >= 0.6 is 0 Å². The van der Waals surface area contributed by atoms with Crippen molar-refractivity contribution in [3.8, 4) is 0 Å². The number of nitrogens with one attached hydrogen (secondary N) is 1. The van der Waals surface area contributed by atoms with E-state index < -0.39 is 0 Å². The van der Waals surface area contributed by atoms with Crippen LogP contribution in [0.15, 0.2) is 24.3 Å². The highest BCUT2D eigenvalue weighted by Crippen LogP contribution is 2.24. The number of aryl methyl sites for hydroxylation is 1. The number of hydrogen-bond acceptors (Lipinski definition) is 3. The molecule has 136 valence electrons. The van der Waals surface area contributed by atoms with Crippen molar-refractivity contribution in [3.63, 3.8) is 0 Å². The summed E-state index contributed by atoms with van der Waals surface area (Å²) in [6, 6.07) is 8.24. The highest BCUT2D eigenvalue weighted by Gasteiger charge is 2.23. The minimum atomic E-state index is -0.110. The number of nitrogens with zero attached hydrogens (tertiary/aromatic N) is 1. The Morgan fingerprint density at radius 3 is 2.29 bits per heavy atom. The predicted molar refractivity (Wildman–Crippen MR) is 100 cm³/mol. The zero-order chi connectivity index (χ0) is 17.9. The molecule has 1 N–H and O–H groups in total. The lowest BCUT2D eigenvalue weighted by Crippen LogP contribution is -2.35. The van der Waals surface area contributed by atoms with Crippen LogP contribution in [0.5, 0.6) is 0 Å². The van der Waals surface area contributed by atoms with E-state index in [0.717, 1.165) is 25.2 Å². The molecule has 0 heterocycles. The number of carbonyl (C=O) groups excluding carboxylic acids is 1. The van der Waals surface area contributed by atoms with Gasteiger partial charge in [-0.2, -0.15) is 0 Å². The minimum Gasteiger partial charge on any atom is -0.378 e. The Morgan fingerprint density at radius 2 is 1.75 bits per heavy atom. The molecule has 24 heavy (non-hydrogen) atoms. The largest absolute Gasteiger partial charge is 0.378 e. The molecule has 0 aliphatic rings. The van der Waals surface area contributed by atoms with Crippen molar-refractivity contribution < 1.29 is 9.53 Å². The Balaban J connectivity index is 2.37. The van der Waals surface area contributed by atoms with Gasteiger partial charge in [0.05, 0.1) is 19.1 Å². The first-order valence-electron chi connectivity index (χ1n) is 9.13. The summed E-state index contributed by atoms with van der Waals surface area (Å²) in [5.74, 6) is 0.235. The molecular formula is C20H34N2O2. The van der Waals surface area contributed by atoms with E-state index in [1.165, 1.54) is 5.56 Å². The Morgan fingerprint density at radius 1 is 1.12 bits per heavy atom. The zero-order valence-corrected chi connectivity index (χ0v) is 16.0. The highest BCUT2D eigenvalue weighted by atomic mass is 16.5. The monoisotopic (exact) mass is 334 g/mol. The standard InChI is InChI=1S/C20H34N2O2/c1-6-22(7-2)13-15-24-14-12-21-20(23)19(16(3)4)18-10-8-17(5)9-11-18/h8-11,16,19H,6-7,12-15H2,1-5H3,(H,21,23). The molecule has 1 atom stereocenters. The molecule has 1 rings (SSSR count). The maximum absolute atomic E-state index is 12.5. The van der Waals surface area contributed by atoms with Gasteiger partial charge >= 0.3 is 0 Å². The smallest absolute Gasteiger partial charge is 0.227 e. The van der Waals surface area contributed by atoms with Gasteiger partial charge in [-0.3, -0.25) is 4.79 Å². The Labute approximate surface area is 147 Å². The van der Waals surface area contributed by atoms with Crippen LogP contribution in [-0.2, 0) is 9.53 Å². The van der Waals surface area contributed by atoms with E-state index in [1.54, 1.807) is 0 Å². The molecule has 0 radical (unpaired) electrons. The Kier molecular flexibility index (Phi) is 9.65. The summed E-state index contributed by atoms with van der Waals surface area (Å²) in [7, 11) is 0. The lowest BCUT2D eigenvalue weighted by Gasteiger charge is -2.21. The van der Waals surface area contributed by atoms with Gasteiger partial charge in [0, 0.05) is 13.1 Å². The van der Waals surface area contributed by atoms with Gasteiger partial charge in [0.15, 0.2) is 0 Å². The lowest BCUT2D eigenvalue weighted by molar-refractivity contribution is -0.123. The van der Waals surface area contributed by atoms with Crippen molar-refractivity contribution in [1.82, 2.24) is 10.2 Å². The molecule has 0 saturated carbocycles. The highest BCUT2D eigenvalue weighted by molar-refractivity contribution is 5.83. The third-order valence-corrected chi connectivity index (χ3v) is 4.38. The summed E-state index contributed by atoms with van der Waals surface area (Å²) in [4.78, 5) is 14.9. The molecule has 1 aromatic carbocycles. The summed E-state index contributed by atoms with van der Waals surface area (Å²) in [6.07, 6.45) is 0. The van der Waals surface area contributed by atoms with Crippen molar-refractivity contribution in [3.05, 3.63) is 35.4 Å². The fourth-order valence-corrected chi connectivity index (χ4v) is 2.80. The Bertz CT molecular complexity index is 467. The predicted octanol–water partition coefficient (Wildman–Crippen LogP) is 3.21. The molecule has 0 fully saturated rings. The van der Waals surface area contributed by atoms with E-state index in [9.17, 15) is 4.79 Å². The minimum absolute atomic E-state index is 0.0844. The number of ether oxygens (including phenoxy) is 1. The molecule has 0 aromatic heterocycles. The van der Waals surface area contributed by atoms with Gasteiger partial charge in [-0.05, 0) is 31.5 Å². The van der Waals surface area contributed by atoms with Gasteiger partial charge in [-0.1, -0.05) is 57.5 Å². The topological polar surface area (TPSA) is 41.6 Å². The molecule has 1 amide bonds. The summed E-state index contributed by atoms with van der Waals surface area (Å²) >= 11 is 0. The molecule has 0 saturated heterocycles. The van der Waals surface area contributed by atoms with E-state index >= 15 is 0 Å². The molecular weight excluding hydrogens is 300 g/mol. The van der Waals surface area contributed by atoms with Gasteiger partial charge in [0.2, 0.25) is 5.91 Å². The second-order valence-electron chi connectivity index (χ2n) is 6.56. The molecule has 0 spiro atoms. The Hall–Kier alpha value is -1.39. The van der Waals surface area contributed by atoms with Gasteiger partial charge in [-0.15, -0.1) is 0 Å². The molecule has 0 aliphatic carbocycles. The van der Waals surface area contributed by atoms with Crippen molar-refractivity contribution in [1.29, 1.82) is 0 Å². The fraction of sp³-hybridized carbons (Fsp3) is 0.650. The molecule has 1 aromatic rings.